The molecule has 168 valence electrons. The number of hydrogen-bond acceptors (Lipinski definition) is 8. The molecule has 0 saturated heterocycles. The minimum absolute atomic E-state index is 0.0979. The summed E-state index contributed by atoms with van der Waals surface area (Å²) in [5.41, 5.74) is 1.56. The van der Waals surface area contributed by atoms with E-state index in [1.807, 2.05) is 36.4 Å². The van der Waals surface area contributed by atoms with Crippen molar-refractivity contribution < 1.29 is 28.0 Å². The van der Waals surface area contributed by atoms with Gasteiger partial charge < -0.3 is 23.7 Å². The number of methoxy groups -OCH3 is 1. The maximum absolute atomic E-state index is 12.8. The van der Waals surface area contributed by atoms with Crippen LogP contribution in [-0.4, -0.2) is 35.2 Å². The number of esters is 1. The van der Waals surface area contributed by atoms with Gasteiger partial charge in [0.25, 0.3) is 11.8 Å². The predicted molar refractivity (Wildman–Crippen MR) is 116 cm³/mol. The Labute approximate surface area is 189 Å². The summed E-state index contributed by atoms with van der Waals surface area (Å²) < 4.78 is 20.9. The van der Waals surface area contributed by atoms with Crippen molar-refractivity contribution in [3.05, 3.63) is 90.2 Å². The molecule has 0 spiro atoms. The number of rotatable bonds is 9. The summed E-state index contributed by atoms with van der Waals surface area (Å²) in [5, 5.41) is 6.58. The average Bonchev–Trinajstić information content (AvgIpc) is 3.55. The molecule has 0 saturated carbocycles. The first-order valence-electron chi connectivity index (χ1n) is 10.1. The molecule has 0 aliphatic heterocycles. The molecule has 0 bridgehead atoms. The monoisotopic (exact) mass is 447 g/mol. The van der Waals surface area contributed by atoms with Crippen LogP contribution in [0.3, 0.4) is 0 Å². The summed E-state index contributed by atoms with van der Waals surface area (Å²) >= 11 is 0. The third-order valence-electron chi connectivity index (χ3n) is 4.75. The Morgan fingerprint density at radius 1 is 1.06 bits per heavy atom. The first kappa shape index (κ1) is 21.8. The molecule has 2 aromatic heterocycles. The van der Waals surface area contributed by atoms with E-state index in [9.17, 15) is 9.59 Å². The minimum atomic E-state index is -0.939. The highest BCUT2D eigenvalue weighted by Crippen LogP contribution is 2.21. The zero-order valence-corrected chi connectivity index (χ0v) is 17.8. The van der Waals surface area contributed by atoms with Gasteiger partial charge in [0.1, 0.15) is 11.8 Å². The van der Waals surface area contributed by atoms with Crippen LogP contribution in [0.1, 0.15) is 22.0 Å². The SMILES string of the molecule is COc1cccc(-c2noc(COC(=O)C(Cc3ccccc3)NC(=O)c3ccco3)n2)c1. The first-order valence-corrected chi connectivity index (χ1v) is 10.1. The molecule has 2 heterocycles. The van der Waals surface area contributed by atoms with Gasteiger partial charge in [0.05, 0.1) is 13.4 Å². The standard InChI is InChI=1S/C24H21N3O6/c1-30-18-10-5-9-17(14-18)22-26-21(33-27-22)15-32-24(29)19(13-16-7-3-2-4-8-16)25-23(28)20-11-6-12-31-20/h2-12,14,19H,13,15H2,1H3,(H,25,28). The zero-order chi connectivity index (χ0) is 23.0. The number of furan rings is 1. The fourth-order valence-corrected chi connectivity index (χ4v) is 3.11. The van der Waals surface area contributed by atoms with E-state index >= 15 is 0 Å². The lowest BCUT2D eigenvalue weighted by Gasteiger charge is -2.16. The topological polar surface area (TPSA) is 117 Å². The van der Waals surface area contributed by atoms with Crippen molar-refractivity contribution in [3.8, 4) is 17.1 Å². The van der Waals surface area contributed by atoms with Gasteiger partial charge >= 0.3 is 5.97 Å². The normalized spacial score (nSPS) is 11.5. The Hall–Kier alpha value is -4.40. The summed E-state index contributed by atoms with van der Waals surface area (Å²) in [6.45, 7) is -0.238. The van der Waals surface area contributed by atoms with E-state index in [4.69, 9.17) is 18.4 Å². The van der Waals surface area contributed by atoms with Crippen LogP contribution in [0.4, 0.5) is 0 Å². The molecule has 0 aliphatic carbocycles. The highest BCUT2D eigenvalue weighted by molar-refractivity contribution is 5.94. The number of ether oxygens (including phenoxy) is 2. The molecule has 0 radical (unpaired) electrons. The Morgan fingerprint density at radius 3 is 2.67 bits per heavy atom. The maximum Gasteiger partial charge on any atom is 0.329 e. The Morgan fingerprint density at radius 2 is 1.91 bits per heavy atom. The zero-order valence-electron chi connectivity index (χ0n) is 17.8. The van der Waals surface area contributed by atoms with Gasteiger partial charge in [0.15, 0.2) is 12.4 Å². The van der Waals surface area contributed by atoms with E-state index in [1.165, 1.54) is 12.3 Å². The lowest BCUT2D eigenvalue weighted by Crippen LogP contribution is -2.43. The molecule has 1 atom stereocenters. The molecule has 2 aromatic carbocycles. The molecule has 4 rings (SSSR count). The number of nitrogens with one attached hydrogen (secondary N) is 1. The van der Waals surface area contributed by atoms with E-state index in [2.05, 4.69) is 15.5 Å². The van der Waals surface area contributed by atoms with Gasteiger partial charge in [-0.25, -0.2) is 4.79 Å². The predicted octanol–water partition coefficient (Wildman–Crippen LogP) is 3.42. The van der Waals surface area contributed by atoms with Crippen molar-refractivity contribution in [1.82, 2.24) is 15.5 Å². The largest absolute Gasteiger partial charge is 0.497 e. The van der Waals surface area contributed by atoms with Crippen LogP contribution in [0.5, 0.6) is 5.75 Å². The number of benzene rings is 2. The minimum Gasteiger partial charge on any atom is -0.497 e. The van der Waals surface area contributed by atoms with E-state index in [1.54, 1.807) is 31.4 Å². The van der Waals surface area contributed by atoms with E-state index in [0.717, 1.165) is 5.56 Å². The Bertz CT molecular complexity index is 1200. The summed E-state index contributed by atoms with van der Waals surface area (Å²) in [6, 6.07) is 18.6. The summed E-state index contributed by atoms with van der Waals surface area (Å²) in [7, 11) is 1.57. The second kappa shape index (κ2) is 10.3. The van der Waals surface area contributed by atoms with Crippen LogP contribution in [-0.2, 0) is 22.6 Å². The smallest absolute Gasteiger partial charge is 0.329 e. The summed E-state index contributed by atoms with van der Waals surface area (Å²) in [6.07, 6.45) is 1.62. The Balaban J connectivity index is 1.43. The highest BCUT2D eigenvalue weighted by Gasteiger charge is 2.25. The number of carbonyl (C=O) groups excluding carboxylic acids is 2. The number of carbonyl (C=O) groups is 2. The summed E-state index contributed by atoms with van der Waals surface area (Å²) in [5.74, 6) is 0.0572. The van der Waals surface area contributed by atoms with Gasteiger partial charge in [-0.1, -0.05) is 47.6 Å². The molecular formula is C24H21N3O6. The van der Waals surface area contributed by atoms with Gasteiger partial charge in [-0.15, -0.1) is 0 Å². The molecule has 4 aromatic rings. The van der Waals surface area contributed by atoms with Crippen LogP contribution in [0, 0.1) is 0 Å². The van der Waals surface area contributed by atoms with E-state index < -0.39 is 17.9 Å². The average molecular weight is 447 g/mol. The van der Waals surface area contributed by atoms with Crippen molar-refractivity contribution in [2.45, 2.75) is 19.1 Å². The van der Waals surface area contributed by atoms with Gasteiger partial charge in [0, 0.05) is 12.0 Å². The number of aromatic nitrogens is 2. The van der Waals surface area contributed by atoms with Gasteiger partial charge in [-0.2, -0.15) is 4.98 Å². The van der Waals surface area contributed by atoms with Gasteiger partial charge in [-0.3, -0.25) is 4.79 Å². The molecule has 1 N–H and O–H groups in total. The van der Waals surface area contributed by atoms with Crippen molar-refractivity contribution in [2.24, 2.45) is 0 Å². The summed E-state index contributed by atoms with van der Waals surface area (Å²) in [4.78, 5) is 29.5. The molecule has 0 aliphatic rings. The molecule has 33 heavy (non-hydrogen) atoms. The molecule has 0 fully saturated rings. The van der Waals surface area contributed by atoms with Crippen LogP contribution in [0.2, 0.25) is 0 Å². The lowest BCUT2D eigenvalue weighted by molar-refractivity contribution is -0.148. The van der Waals surface area contributed by atoms with Crippen molar-refractivity contribution in [1.29, 1.82) is 0 Å². The van der Waals surface area contributed by atoms with Crippen LogP contribution in [0.15, 0.2) is 81.9 Å². The number of nitrogens with zero attached hydrogens (tertiary/aromatic N) is 2. The number of hydrogen-bond donors (Lipinski definition) is 1. The van der Waals surface area contributed by atoms with Crippen molar-refractivity contribution in [3.63, 3.8) is 0 Å². The van der Waals surface area contributed by atoms with Crippen LogP contribution >= 0.6 is 0 Å². The fourth-order valence-electron chi connectivity index (χ4n) is 3.11. The highest BCUT2D eigenvalue weighted by atomic mass is 16.6. The van der Waals surface area contributed by atoms with Crippen molar-refractivity contribution in [2.75, 3.05) is 7.11 Å². The second-order valence-corrected chi connectivity index (χ2v) is 7.04. The maximum atomic E-state index is 12.8. The lowest BCUT2D eigenvalue weighted by atomic mass is 10.1. The van der Waals surface area contributed by atoms with Crippen LogP contribution in [0.25, 0.3) is 11.4 Å². The molecule has 1 amide bonds. The molecule has 1 unspecified atom stereocenters. The molecular weight excluding hydrogens is 426 g/mol. The van der Waals surface area contributed by atoms with Gasteiger partial charge in [0.2, 0.25) is 5.82 Å². The van der Waals surface area contributed by atoms with E-state index in [-0.39, 0.29) is 24.7 Å². The second-order valence-electron chi connectivity index (χ2n) is 7.04. The first-order chi connectivity index (χ1) is 16.1. The Kier molecular flexibility index (Phi) is 6.79. The third-order valence-corrected chi connectivity index (χ3v) is 4.75. The van der Waals surface area contributed by atoms with Crippen LogP contribution < -0.4 is 10.1 Å². The number of amides is 1. The third kappa shape index (κ3) is 5.65. The van der Waals surface area contributed by atoms with E-state index in [0.29, 0.717) is 17.1 Å². The fraction of sp³-hybridized carbons (Fsp3) is 0.167. The quantitative estimate of drug-likeness (QED) is 0.388. The molecule has 9 nitrogen and oxygen atoms in total. The van der Waals surface area contributed by atoms with Crippen molar-refractivity contribution >= 4 is 11.9 Å². The molecule has 9 heteroatoms. The van der Waals surface area contributed by atoms with Gasteiger partial charge in [-0.05, 0) is 29.8 Å².